The van der Waals surface area contributed by atoms with E-state index >= 15 is 0 Å². The number of thioether (sulfide) groups is 1. The van der Waals surface area contributed by atoms with Gasteiger partial charge in [0.25, 0.3) is 0 Å². The number of nitrogens with one attached hydrogen (secondary N) is 1. The van der Waals surface area contributed by atoms with E-state index in [0.717, 1.165) is 36.5 Å². The van der Waals surface area contributed by atoms with Crippen LogP contribution >= 0.6 is 11.8 Å². The van der Waals surface area contributed by atoms with Gasteiger partial charge in [-0.25, -0.2) is 0 Å². The lowest BCUT2D eigenvalue weighted by atomic mass is 10.0. The van der Waals surface area contributed by atoms with Gasteiger partial charge in [-0.1, -0.05) is 6.07 Å². The second kappa shape index (κ2) is 6.52. The van der Waals surface area contributed by atoms with E-state index < -0.39 is 11.7 Å². The highest BCUT2D eigenvalue weighted by molar-refractivity contribution is 7.99. The molecule has 20 heavy (non-hydrogen) atoms. The number of hydrogen-bond acceptors (Lipinski definition) is 2. The van der Waals surface area contributed by atoms with Gasteiger partial charge in [-0.3, -0.25) is 4.79 Å². The van der Waals surface area contributed by atoms with Crippen molar-refractivity contribution in [2.75, 3.05) is 16.8 Å². The molecule has 0 bridgehead atoms. The molecule has 1 unspecified atom stereocenters. The number of benzene rings is 1. The van der Waals surface area contributed by atoms with Crippen molar-refractivity contribution in [2.45, 2.75) is 25.4 Å². The molecule has 2 nitrogen and oxygen atoms in total. The lowest BCUT2D eigenvalue weighted by Crippen LogP contribution is -2.20. The van der Waals surface area contributed by atoms with E-state index in [4.69, 9.17) is 0 Å². The largest absolute Gasteiger partial charge is 0.416 e. The fourth-order valence-electron chi connectivity index (χ4n) is 2.22. The second-order valence-corrected chi connectivity index (χ2v) is 6.06. The topological polar surface area (TPSA) is 29.1 Å². The Hall–Kier alpha value is -1.17. The molecule has 0 radical (unpaired) electrons. The highest BCUT2D eigenvalue weighted by Gasteiger charge is 2.30. The maximum absolute atomic E-state index is 12.6. The fourth-order valence-corrected chi connectivity index (χ4v) is 3.37. The van der Waals surface area contributed by atoms with Crippen molar-refractivity contribution in [3.05, 3.63) is 29.8 Å². The van der Waals surface area contributed by atoms with E-state index in [1.54, 1.807) is 0 Å². The van der Waals surface area contributed by atoms with Crippen LogP contribution in [0.4, 0.5) is 18.9 Å². The van der Waals surface area contributed by atoms with Gasteiger partial charge in [-0.15, -0.1) is 0 Å². The number of halogens is 3. The van der Waals surface area contributed by atoms with Crippen LogP contribution in [0.1, 0.15) is 24.8 Å². The Morgan fingerprint density at radius 1 is 1.40 bits per heavy atom. The molecule has 1 aliphatic rings. The summed E-state index contributed by atoms with van der Waals surface area (Å²) in [4.78, 5) is 11.8. The highest BCUT2D eigenvalue weighted by atomic mass is 32.2. The fraction of sp³-hybridized carbons (Fsp3) is 0.500. The van der Waals surface area contributed by atoms with Crippen molar-refractivity contribution in [2.24, 2.45) is 5.92 Å². The molecule has 0 saturated carbocycles. The molecule has 1 amide bonds. The molecule has 0 aliphatic carbocycles. The monoisotopic (exact) mass is 303 g/mol. The molecule has 1 N–H and O–H groups in total. The first-order valence-corrected chi connectivity index (χ1v) is 7.65. The number of carbonyl (C=O) groups excluding carboxylic acids is 1. The minimum absolute atomic E-state index is 0.202. The molecule has 1 saturated heterocycles. The zero-order valence-corrected chi connectivity index (χ0v) is 11.7. The maximum atomic E-state index is 12.6. The maximum Gasteiger partial charge on any atom is 0.416 e. The normalized spacial score (nSPS) is 19.6. The molecule has 2 rings (SSSR count). The summed E-state index contributed by atoms with van der Waals surface area (Å²) in [5.41, 5.74) is -0.545. The summed E-state index contributed by atoms with van der Waals surface area (Å²) in [6, 6.07) is 4.73. The smallest absolute Gasteiger partial charge is 0.326 e. The predicted octanol–water partition coefficient (Wildman–Crippen LogP) is 4.18. The molecule has 110 valence electrons. The second-order valence-electron chi connectivity index (χ2n) is 4.91. The van der Waals surface area contributed by atoms with Crippen LogP contribution in [0, 0.1) is 5.92 Å². The van der Waals surface area contributed by atoms with Crippen LogP contribution in [0.15, 0.2) is 24.3 Å². The Labute approximate surface area is 120 Å². The van der Waals surface area contributed by atoms with Crippen LogP contribution in [0.2, 0.25) is 0 Å². The summed E-state index contributed by atoms with van der Waals surface area (Å²) in [5.74, 6) is 2.21. The molecule has 1 aromatic carbocycles. The molecule has 1 aromatic rings. The van der Waals surface area contributed by atoms with Crippen LogP contribution in [0.3, 0.4) is 0 Å². The first-order chi connectivity index (χ1) is 9.45. The minimum Gasteiger partial charge on any atom is -0.326 e. The number of carbonyl (C=O) groups is 1. The predicted molar refractivity (Wildman–Crippen MR) is 74.7 cm³/mol. The average molecular weight is 303 g/mol. The Balaban J connectivity index is 1.93. The Kier molecular flexibility index (Phi) is 4.96. The van der Waals surface area contributed by atoms with E-state index in [1.165, 1.54) is 12.1 Å². The third kappa shape index (κ3) is 4.44. The highest BCUT2D eigenvalue weighted by Crippen LogP contribution is 2.31. The standard InChI is InChI=1S/C14H16F3NOS/c15-14(16,17)11-4-1-5-12(8-11)18-13(19)7-10-3-2-6-20-9-10/h1,4-5,8,10H,2-3,6-7,9H2,(H,18,19). The summed E-state index contributed by atoms with van der Waals surface area (Å²) < 4.78 is 37.7. The molecular weight excluding hydrogens is 287 g/mol. The first kappa shape index (κ1) is 15.2. The summed E-state index contributed by atoms with van der Waals surface area (Å²) in [6.07, 6.45) is -1.89. The van der Waals surface area contributed by atoms with Crippen LogP contribution < -0.4 is 5.32 Å². The Morgan fingerprint density at radius 2 is 2.20 bits per heavy atom. The summed E-state index contributed by atoms with van der Waals surface area (Å²) in [6.45, 7) is 0. The summed E-state index contributed by atoms with van der Waals surface area (Å²) >= 11 is 1.83. The zero-order valence-electron chi connectivity index (χ0n) is 10.9. The van der Waals surface area contributed by atoms with E-state index in [-0.39, 0.29) is 11.6 Å². The Morgan fingerprint density at radius 3 is 2.85 bits per heavy atom. The number of alkyl halides is 3. The van der Waals surface area contributed by atoms with Crippen molar-refractivity contribution >= 4 is 23.4 Å². The lowest BCUT2D eigenvalue weighted by molar-refractivity contribution is -0.137. The molecule has 0 spiro atoms. The van der Waals surface area contributed by atoms with Gasteiger partial charge in [0.15, 0.2) is 0 Å². The van der Waals surface area contributed by atoms with Gasteiger partial charge in [-0.2, -0.15) is 24.9 Å². The van der Waals surface area contributed by atoms with E-state index in [1.807, 2.05) is 11.8 Å². The number of anilines is 1. The van der Waals surface area contributed by atoms with Crippen LogP contribution in [-0.4, -0.2) is 17.4 Å². The molecule has 6 heteroatoms. The van der Waals surface area contributed by atoms with Gasteiger partial charge in [0.1, 0.15) is 0 Å². The van der Waals surface area contributed by atoms with Crippen LogP contribution in [0.5, 0.6) is 0 Å². The quantitative estimate of drug-likeness (QED) is 0.907. The molecule has 1 heterocycles. The first-order valence-electron chi connectivity index (χ1n) is 6.50. The van der Waals surface area contributed by atoms with Crippen molar-refractivity contribution in [1.82, 2.24) is 0 Å². The Bertz CT molecular complexity index is 470. The lowest BCUT2D eigenvalue weighted by Gasteiger charge is -2.20. The minimum atomic E-state index is -4.39. The molecule has 1 aliphatic heterocycles. The van der Waals surface area contributed by atoms with Crippen molar-refractivity contribution < 1.29 is 18.0 Å². The van der Waals surface area contributed by atoms with Gasteiger partial charge in [0.2, 0.25) is 5.91 Å². The molecular formula is C14H16F3NOS. The van der Waals surface area contributed by atoms with E-state index in [2.05, 4.69) is 5.32 Å². The van der Waals surface area contributed by atoms with Gasteiger partial charge in [0, 0.05) is 12.1 Å². The van der Waals surface area contributed by atoms with E-state index in [0.29, 0.717) is 12.3 Å². The van der Waals surface area contributed by atoms with Gasteiger partial charge in [-0.05, 0) is 48.5 Å². The third-order valence-corrected chi connectivity index (χ3v) is 4.49. The number of rotatable bonds is 3. The van der Waals surface area contributed by atoms with Crippen LogP contribution in [0.25, 0.3) is 0 Å². The number of hydrogen-bond donors (Lipinski definition) is 1. The molecule has 0 aromatic heterocycles. The van der Waals surface area contributed by atoms with Gasteiger partial charge < -0.3 is 5.32 Å². The number of amides is 1. The van der Waals surface area contributed by atoms with E-state index in [9.17, 15) is 18.0 Å². The van der Waals surface area contributed by atoms with Crippen molar-refractivity contribution in [3.63, 3.8) is 0 Å². The van der Waals surface area contributed by atoms with Gasteiger partial charge in [0.05, 0.1) is 5.56 Å². The molecule has 1 atom stereocenters. The van der Waals surface area contributed by atoms with Crippen molar-refractivity contribution in [3.8, 4) is 0 Å². The SMILES string of the molecule is O=C(CC1CCCSC1)Nc1cccc(C(F)(F)F)c1. The van der Waals surface area contributed by atoms with Gasteiger partial charge >= 0.3 is 6.18 Å². The average Bonchev–Trinajstić information content (AvgIpc) is 2.39. The summed E-state index contributed by atoms with van der Waals surface area (Å²) in [5, 5.41) is 2.55. The zero-order chi connectivity index (χ0) is 14.6. The summed E-state index contributed by atoms with van der Waals surface area (Å²) in [7, 11) is 0. The molecule has 1 fully saturated rings. The van der Waals surface area contributed by atoms with Crippen LogP contribution in [-0.2, 0) is 11.0 Å². The van der Waals surface area contributed by atoms with Crippen molar-refractivity contribution in [1.29, 1.82) is 0 Å². The third-order valence-electron chi connectivity index (χ3n) is 3.20.